The van der Waals surface area contributed by atoms with Gasteiger partial charge < -0.3 is 15.0 Å². The Kier molecular flexibility index (Phi) is 8.19. The van der Waals surface area contributed by atoms with Crippen molar-refractivity contribution in [3.8, 4) is 5.75 Å². The molecule has 0 spiro atoms. The minimum absolute atomic E-state index is 0.0507. The lowest BCUT2D eigenvalue weighted by atomic mass is 10.0. The van der Waals surface area contributed by atoms with Gasteiger partial charge in [0.2, 0.25) is 0 Å². The van der Waals surface area contributed by atoms with Crippen molar-refractivity contribution >= 4 is 17.5 Å². The lowest BCUT2D eigenvalue weighted by Crippen LogP contribution is -3.13. The smallest absolute Gasteiger partial charge is 0.251 e. The third kappa shape index (κ3) is 6.84. The van der Waals surface area contributed by atoms with E-state index in [-0.39, 0.29) is 5.91 Å². The molecule has 5 heteroatoms. The predicted molar refractivity (Wildman–Crippen MR) is 113 cm³/mol. The second-order valence-corrected chi connectivity index (χ2v) is 7.91. The highest BCUT2D eigenvalue weighted by Crippen LogP contribution is 2.15. The van der Waals surface area contributed by atoms with Crippen molar-refractivity contribution in [3.63, 3.8) is 0 Å². The van der Waals surface area contributed by atoms with E-state index in [1.807, 2.05) is 54.6 Å². The quantitative estimate of drug-likeness (QED) is 0.632. The van der Waals surface area contributed by atoms with Gasteiger partial charge in [0, 0.05) is 29.5 Å². The van der Waals surface area contributed by atoms with Gasteiger partial charge in [-0.15, -0.1) is 0 Å². The number of rotatable bonds is 9. The molecule has 150 valence electrons. The van der Waals surface area contributed by atoms with E-state index in [1.165, 1.54) is 19.4 Å². The Morgan fingerprint density at radius 1 is 1.00 bits per heavy atom. The molecule has 1 aliphatic heterocycles. The average molecular weight is 402 g/mol. The first-order chi connectivity index (χ1) is 13.7. The number of likely N-dealkylation sites (tertiary alicyclic amines) is 1. The first-order valence-corrected chi connectivity index (χ1v) is 10.7. The number of carbonyl (C=O) groups is 1. The molecule has 0 bridgehead atoms. The summed E-state index contributed by atoms with van der Waals surface area (Å²) in [7, 11) is 0. The van der Waals surface area contributed by atoms with E-state index in [0.717, 1.165) is 55.3 Å². The van der Waals surface area contributed by atoms with Crippen molar-refractivity contribution in [2.75, 3.05) is 26.2 Å². The number of ether oxygens (including phenoxy) is 1. The Balaban J connectivity index is 1.24. The summed E-state index contributed by atoms with van der Waals surface area (Å²) < 4.78 is 5.73. The summed E-state index contributed by atoms with van der Waals surface area (Å²) in [6.45, 7) is 4.24. The Hall–Kier alpha value is -2.04. The van der Waals surface area contributed by atoms with Gasteiger partial charge in [-0.05, 0) is 55.7 Å². The molecule has 0 atom stereocenters. The van der Waals surface area contributed by atoms with Crippen LogP contribution in [-0.2, 0) is 0 Å². The largest absolute Gasteiger partial charge is 0.494 e. The van der Waals surface area contributed by atoms with Gasteiger partial charge in [-0.2, -0.15) is 0 Å². The summed E-state index contributed by atoms with van der Waals surface area (Å²) in [6, 6.07) is 17.3. The molecule has 3 rings (SSSR count). The van der Waals surface area contributed by atoms with Gasteiger partial charge in [-0.3, -0.25) is 4.79 Å². The van der Waals surface area contributed by atoms with Crippen LogP contribution in [0.25, 0.3) is 0 Å². The van der Waals surface area contributed by atoms with Crippen LogP contribution >= 0.6 is 11.6 Å². The van der Waals surface area contributed by atoms with Crippen LogP contribution in [0.4, 0.5) is 0 Å². The van der Waals surface area contributed by atoms with E-state index in [9.17, 15) is 4.79 Å². The van der Waals surface area contributed by atoms with Crippen LogP contribution < -0.4 is 15.0 Å². The molecule has 1 aliphatic rings. The summed E-state index contributed by atoms with van der Waals surface area (Å²) >= 11 is 5.87. The highest BCUT2D eigenvalue weighted by molar-refractivity contribution is 6.30. The SMILES string of the molecule is O=C(NC1CC[NH+](CCCCCOc2ccc(Cl)cc2)CC1)c1ccccc1. The summed E-state index contributed by atoms with van der Waals surface area (Å²) in [5.74, 6) is 0.935. The van der Waals surface area contributed by atoms with Crippen molar-refractivity contribution in [2.45, 2.75) is 38.1 Å². The van der Waals surface area contributed by atoms with Crippen LogP contribution in [0.1, 0.15) is 42.5 Å². The maximum Gasteiger partial charge on any atom is 0.251 e. The second-order valence-electron chi connectivity index (χ2n) is 7.48. The van der Waals surface area contributed by atoms with Crippen LogP contribution in [0.15, 0.2) is 54.6 Å². The molecule has 0 unspecified atom stereocenters. The fourth-order valence-electron chi connectivity index (χ4n) is 3.65. The molecule has 1 amide bonds. The van der Waals surface area contributed by atoms with Gasteiger partial charge in [-0.25, -0.2) is 0 Å². The molecule has 0 aromatic heterocycles. The fraction of sp³-hybridized carbons (Fsp3) is 0.435. The normalized spacial score (nSPS) is 19.2. The monoisotopic (exact) mass is 401 g/mol. The summed E-state index contributed by atoms with van der Waals surface area (Å²) in [4.78, 5) is 13.9. The molecule has 0 radical (unpaired) electrons. The summed E-state index contributed by atoms with van der Waals surface area (Å²) in [5.41, 5.74) is 0.748. The first-order valence-electron chi connectivity index (χ1n) is 10.3. The second kappa shape index (κ2) is 11.1. The maximum absolute atomic E-state index is 12.2. The number of halogens is 1. The van der Waals surface area contributed by atoms with Crippen LogP contribution in [-0.4, -0.2) is 38.2 Å². The van der Waals surface area contributed by atoms with E-state index in [0.29, 0.717) is 6.04 Å². The highest BCUT2D eigenvalue weighted by Gasteiger charge is 2.23. The van der Waals surface area contributed by atoms with Crippen molar-refractivity contribution in [3.05, 3.63) is 65.2 Å². The van der Waals surface area contributed by atoms with Gasteiger partial charge in [0.05, 0.1) is 26.2 Å². The van der Waals surface area contributed by atoms with Gasteiger partial charge in [-0.1, -0.05) is 29.8 Å². The minimum atomic E-state index is 0.0507. The van der Waals surface area contributed by atoms with Crippen LogP contribution in [0, 0.1) is 0 Å². The molecular weight excluding hydrogens is 372 g/mol. The van der Waals surface area contributed by atoms with Gasteiger partial charge in [0.15, 0.2) is 0 Å². The first kappa shape index (κ1) is 20.7. The van der Waals surface area contributed by atoms with Crippen LogP contribution in [0.5, 0.6) is 5.75 Å². The minimum Gasteiger partial charge on any atom is -0.494 e. The van der Waals surface area contributed by atoms with E-state index in [1.54, 1.807) is 4.90 Å². The van der Waals surface area contributed by atoms with Crippen molar-refractivity contribution in [2.24, 2.45) is 0 Å². The van der Waals surface area contributed by atoms with Gasteiger partial charge in [0.1, 0.15) is 5.75 Å². The Bertz CT molecular complexity index is 713. The van der Waals surface area contributed by atoms with Crippen molar-refractivity contribution < 1.29 is 14.4 Å². The molecule has 0 saturated carbocycles. The Labute approximate surface area is 172 Å². The molecule has 1 fully saturated rings. The lowest BCUT2D eigenvalue weighted by Gasteiger charge is -2.29. The summed E-state index contributed by atoms with van der Waals surface area (Å²) in [6.07, 6.45) is 5.61. The predicted octanol–water partition coefficient (Wildman–Crippen LogP) is 3.37. The third-order valence-corrected chi connectivity index (χ3v) is 5.57. The zero-order chi connectivity index (χ0) is 19.6. The molecule has 2 aromatic rings. The highest BCUT2D eigenvalue weighted by atomic mass is 35.5. The zero-order valence-electron chi connectivity index (χ0n) is 16.3. The van der Waals surface area contributed by atoms with E-state index in [2.05, 4.69) is 5.32 Å². The lowest BCUT2D eigenvalue weighted by molar-refractivity contribution is -0.905. The maximum atomic E-state index is 12.2. The van der Waals surface area contributed by atoms with Crippen molar-refractivity contribution in [1.82, 2.24) is 5.32 Å². The van der Waals surface area contributed by atoms with Gasteiger partial charge in [0.25, 0.3) is 5.91 Å². The number of amides is 1. The number of carbonyl (C=O) groups excluding carboxylic acids is 1. The molecule has 1 saturated heterocycles. The number of benzene rings is 2. The van der Waals surface area contributed by atoms with E-state index in [4.69, 9.17) is 16.3 Å². The number of hydrogen-bond acceptors (Lipinski definition) is 2. The molecular formula is C23H30ClN2O2+. The molecule has 2 N–H and O–H groups in total. The number of unbranched alkanes of at least 4 members (excludes halogenated alkanes) is 2. The average Bonchev–Trinajstić information content (AvgIpc) is 2.73. The third-order valence-electron chi connectivity index (χ3n) is 5.32. The molecule has 2 aromatic carbocycles. The topological polar surface area (TPSA) is 42.8 Å². The number of hydrogen-bond donors (Lipinski definition) is 2. The number of piperidine rings is 1. The Morgan fingerprint density at radius 3 is 2.43 bits per heavy atom. The molecule has 1 heterocycles. The van der Waals surface area contributed by atoms with Crippen molar-refractivity contribution in [1.29, 1.82) is 0 Å². The Morgan fingerprint density at radius 2 is 1.71 bits per heavy atom. The standard InChI is InChI=1S/C23H29ClN2O2/c24-20-9-11-22(12-10-20)28-18-6-2-5-15-26-16-13-21(14-17-26)25-23(27)19-7-3-1-4-8-19/h1,3-4,7-12,21H,2,5-6,13-18H2,(H,25,27)/p+1. The van der Waals surface area contributed by atoms with Crippen LogP contribution in [0.2, 0.25) is 5.02 Å². The fourth-order valence-corrected chi connectivity index (χ4v) is 3.78. The van der Waals surface area contributed by atoms with Gasteiger partial charge >= 0.3 is 0 Å². The molecule has 4 nitrogen and oxygen atoms in total. The summed E-state index contributed by atoms with van der Waals surface area (Å²) in [5, 5.41) is 3.92. The zero-order valence-corrected chi connectivity index (χ0v) is 17.1. The number of quaternary nitrogens is 1. The van der Waals surface area contributed by atoms with Crippen LogP contribution in [0.3, 0.4) is 0 Å². The van der Waals surface area contributed by atoms with E-state index < -0.39 is 0 Å². The van der Waals surface area contributed by atoms with E-state index >= 15 is 0 Å². The number of nitrogens with one attached hydrogen (secondary N) is 2. The molecule has 0 aliphatic carbocycles. The molecule has 28 heavy (non-hydrogen) atoms.